The molecule has 1 aliphatic rings. The molecule has 1 aliphatic heterocycles. The van der Waals surface area contributed by atoms with Gasteiger partial charge in [-0.3, -0.25) is 0 Å². The number of nitrogens with zero attached hydrogens (tertiary/aromatic N) is 2. The maximum Gasteiger partial charge on any atom is 0.315 e. The fourth-order valence-electron chi connectivity index (χ4n) is 2.25. The summed E-state index contributed by atoms with van der Waals surface area (Å²) in [4.78, 5) is 0. The van der Waals surface area contributed by atoms with Crippen molar-refractivity contribution in [1.82, 2.24) is 15.5 Å². The minimum Gasteiger partial charge on any atom is -0.406 e. The van der Waals surface area contributed by atoms with Crippen LogP contribution in [-0.2, 0) is 4.74 Å². The summed E-state index contributed by atoms with van der Waals surface area (Å²) in [6.45, 7) is 6.65. The Labute approximate surface area is 114 Å². The molecule has 0 aromatic carbocycles. The van der Waals surface area contributed by atoms with Gasteiger partial charge in [-0.1, -0.05) is 12.0 Å². The van der Waals surface area contributed by atoms with Gasteiger partial charge in [-0.05, 0) is 39.2 Å². The topological polar surface area (TPSA) is 72.2 Å². The van der Waals surface area contributed by atoms with E-state index in [1.165, 1.54) is 12.8 Å². The molecule has 0 saturated carbocycles. The van der Waals surface area contributed by atoms with Gasteiger partial charge < -0.3 is 19.8 Å². The predicted molar refractivity (Wildman–Crippen MR) is 73.1 cm³/mol. The van der Waals surface area contributed by atoms with Crippen molar-refractivity contribution in [1.29, 1.82) is 0 Å². The summed E-state index contributed by atoms with van der Waals surface area (Å²) in [7, 11) is 0. The number of hydrogen-bond acceptors (Lipinski definition) is 6. The van der Waals surface area contributed by atoms with Crippen molar-refractivity contribution in [2.45, 2.75) is 51.7 Å². The third-order valence-corrected chi connectivity index (χ3v) is 3.34. The van der Waals surface area contributed by atoms with E-state index in [0.717, 1.165) is 32.5 Å². The molecule has 0 bridgehead atoms. The predicted octanol–water partition coefficient (Wildman–Crippen LogP) is 2.11. The molecule has 0 spiro atoms. The highest BCUT2D eigenvalue weighted by Gasteiger charge is 2.15. The van der Waals surface area contributed by atoms with Crippen LogP contribution in [0.1, 0.15) is 51.5 Å². The normalized spacial score (nSPS) is 21.3. The average molecular weight is 268 g/mol. The second-order valence-electron chi connectivity index (χ2n) is 4.93. The van der Waals surface area contributed by atoms with Crippen LogP contribution >= 0.6 is 0 Å². The molecule has 2 heterocycles. The highest BCUT2D eigenvalue weighted by molar-refractivity contribution is 5.17. The summed E-state index contributed by atoms with van der Waals surface area (Å²) in [6, 6.07) is 0.588. The first kappa shape index (κ1) is 14.3. The second kappa shape index (κ2) is 7.45. The van der Waals surface area contributed by atoms with E-state index in [9.17, 15) is 0 Å². The smallest absolute Gasteiger partial charge is 0.315 e. The maximum atomic E-state index is 5.67. The van der Waals surface area contributed by atoms with E-state index in [-0.39, 0.29) is 6.04 Å². The molecule has 2 rings (SSSR count). The first-order valence-electron chi connectivity index (χ1n) is 7.22. The third-order valence-electron chi connectivity index (χ3n) is 3.34. The number of ether oxygens (including phenoxy) is 1. The third kappa shape index (κ3) is 4.47. The maximum absolute atomic E-state index is 5.67. The summed E-state index contributed by atoms with van der Waals surface area (Å²) in [5.41, 5.74) is 0. The number of hydrogen-bond donors (Lipinski definition) is 2. The lowest BCUT2D eigenvalue weighted by Crippen LogP contribution is -2.22. The van der Waals surface area contributed by atoms with Gasteiger partial charge in [-0.25, -0.2) is 0 Å². The molecule has 2 atom stereocenters. The van der Waals surface area contributed by atoms with Crippen LogP contribution in [0.4, 0.5) is 6.01 Å². The van der Waals surface area contributed by atoms with E-state index in [2.05, 4.69) is 27.8 Å². The number of aromatic nitrogens is 2. The van der Waals surface area contributed by atoms with Crippen LogP contribution < -0.4 is 10.6 Å². The molecule has 1 fully saturated rings. The van der Waals surface area contributed by atoms with E-state index < -0.39 is 0 Å². The fourth-order valence-corrected chi connectivity index (χ4v) is 2.25. The van der Waals surface area contributed by atoms with E-state index in [1.807, 2.05) is 6.92 Å². The minimum absolute atomic E-state index is 0.0923. The Hall–Kier alpha value is -1.14. The molecule has 108 valence electrons. The number of nitrogens with one attached hydrogen (secondary N) is 2. The lowest BCUT2D eigenvalue weighted by Gasteiger charge is -2.22. The van der Waals surface area contributed by atoms with Gasteiger partial charge in [-0.2, -0.15) is 0 Å². The van der Waals surface area contributed by atoms with Crippen LogP contribution in [0.15, 0.2) is 4.42 Å². The van der Waals surface area contributed by atoms with Gasteiger partial charge in [0.25, 0.3) is 0 Å². The molecule has 2 unspecified atom stereocenters. The Bertz CT molecular complexity index is 363. The van der Waals surface area contributed by atoms with Gasteiger partial charge in [-0.15, -0.1) is 5.10 Å². The Morgan fingerprint density at radius 1 is 1.37 bits per heavy atom. The Balaban J connectivity index is 1.70. The highest BCUT2D eigenvalue weighted by atomic mass is 16.5. The molecule has 2 N–H and O–H groups in total. The molecule has 0 radical (unpaired) electrons. The lowest BCUT2D eigenvalue weighted by atomic mass is 10.1. The van der Waals surface area contributed by atoms with Crippen molar-refractivity contribution in [2.75, 3.05) is 25.0 Å². The van der Waals surface area contributed by atoms with Crippen molar-refractivity contribution in [2.24, 2.45) is 0 Å². The molecular formula is C13H24N4O2. The lowest BCUT2D eigenvalue weighted by molar-refractivity contribution is 0.0134. The number of rotatable bonds is 7. The van der Waals surface area contributed by atoms with Gasteiger partial charge >= 0.3 is 6.01 Å². The molecule has 1 aromatic heterocycles. The summed E-state index contributed by atoms with van der Waals surface area (Å²) >= 11 is 0. The van der Waals surface area contributed by atoms with Gasteiger partial charge in [0.1, 0.15) is 0 Å². The van der Waals surface area contributed by atoms with Crippen molar-refractivity contribution in [3.05, 3.63) is 5.89 Å². The van der Waals surface area contributed by atoms with Crippen LogP contribution in [0.2, 0.25) is 0 Å². The SMILES string of the molecule is CCNC(C)c1nnc(NCCC2CCCCO2)o1. The summed E-state index contributed by atoms with van der Waals surface area (Å²) in [5, 5.41) is 14.4. The Kier molecular flexibility index (Phi) is 5.60. The average Bonchev–Trinajstić information content (AvgIpc) is 2.89. The number of anilines is 1. The Morgan fingerprint density at radius 2 is 2.26 bits per heavy atom. The van der Waals surface area contributed by atoms with E-state index in [1.54, 1.807) is 0 Å². The summed E-state index contributed by atoms with van der Waals surface area (Å²) in [6.07, 6.45) is 4.99. The zero-order chi connectivity index (χ0) is 13.5. The molecular weight excluding hydrogens is 244 g/mol. The second-order valence-corrected chi connectivity index (χ2v) is 4.93. The summed E-state index contributed by atoms with van der Waals surface area (Å²) < 4.78 is 11.2. The standard InChI is InChI=1S/C13H24N4O2/c1-3-14-10(2)12-16-17-13(19-12)15-8-7-11-6-4-5-9-18-11/h10-11,14H,3-9H2,1-2H3,(H,15,17). The fraction of sp³-hybridized carbons (Fsp3) is 0.846. The van der Waals surface area contributed by atoms with Gasteiger partial charge in [0.15, 0.2) is 0 Å². The van der Waals surface area contributed by atoms with Crippen molar-refractivity contribution in [3.8, 4) is 0 Å². The van der Waals surface area contributed by atoms with E-state index >= 15 is 0 Å². The molecule has 0 aliphatic carbocycles. The van der Waals surface area contributed by atoms with Gasteiger partial charge in [0, 0.05) is 13.2 Å². The molecule has 0 amide bonds. The first-order valence-corrected chi connectivity index (χ1v) is 7.22. The van der Waals surface area contributed by atoms with Crippen LogP contribution in [0.3, 0.4) is 0 Å². The molecule has 6 heteroatoms. The van der Waals surface area contributed by atoms with Gasteiger partial charge in [0.2, 0.25) is 5.89 Å². The molecule has 19 heavy (non-hydrogen) atoms. The van der Waals surface area contributed by atoms with Crippen molar-refractivity contribution >= 4 is 6.01 Å². The van der Waals surface area contributed by atoms with Gasteiger partial charge in [0.05, 0.1) is 12.1 Å². The molecule has 1 aromatic rings. The minimum atomic E-state index is 0.0923. The van der Waals surface area contributed by atoms with E-state index in [4.69, 9.17) is 9.15 Å². The van der Waals surface area contributed by atoms with Crippen LogP contribution in [0.5, 0.6) is 0 Å². The largest absolute Gasteiger partial charge is 0.406 e. The molecule has 6 nitrogen and oxygen atoms in total. The van der Waals surface area contributed by atoms with Crippen molar-refractivity contribution in [3.63, 3.8) is 0 Å². The van der Waals surface area contributed by atoms with Crippen LogP contribution in [0, 0.1) is 0 Å². The van der Waals surface area contributed by atoms with Crippen molar-refractivity contribution < 1.29 is 9.15 Å². The first-order chi connectivity index (χ1) is 9.29. The zero-order valence-electron chi connectivity index (χ0n) is 11.8. The molecule has 1 saturated heterocycles. The monoisotopic (exact) mass is 268 g/mol. The van der Waals surface area contributed by atoms with E-state index in [0.29, 0.717) is 18.0 Å². The quantitative estimate of drug-likeness (QED) is 0.789. The van der Waals surface area contributed by atoms with Crippen LogP contribution in [0.25, 0.3) is 0 Å². The Morgan fingerprint density at radius 3 is 3.00 bits per heavy atom. The zero-order valence-corrected chi connectivity index (χ0v) is 11.8. The van der Waals surface area contributed by atoms with Crippen LogP contribution in [-0.4, -0.2) is 36.0 Å². The summed E-state index contributed by atoms with van der Waals surface area (Å²) in [5.74, 6) is 0.623. The highest BCUT2D eigenvalue weighted by Crippen LogP contribution is 2.16.